The van der Waals surface area contributed by atoms with Crippen LogP contribution in [0.25, 0.3) is 0 Å². The Balaban J connectivity index is 2.07. The van der Waals surface area contributed by atoms with E-state index in [1.165, 1.54) is 0 Å². The molecule has 1 unspecified atom stereocenters. The molecule has 1 atom stereocenters. The van der Waals surface area contributed by atoms with Gasteiger partial charge in [-0.1, -0.05) is 11.6 Å². The Morgan fingerprint density at radius 3 is 2.70 bits per heavy atom. The van der Waals surface area contributed by atoms with E-state index in [-0.39, 0.29) is 12.0 Å². The van der Waals surface area contributed by atoms with Crippen LogP contribution in [-0.4, -0.2) is 37.2 Å². The maximum absolute atomic E-state index is 12.3. The fraction of sp³-hybridized carbons (Fsp3) is 0.533. The number of esters is 1. The van der Waals surface area contributed by atoms with Crippen LogP contribution in [0.4, 0.5) is 0 Å². The average molecular weight is 296 g/mol. The number of fused-ring (bicyclic) bond motifs is 1. The van der Waals surface area contributed by atoms with Crippen LogP contribution in [0.2, 0.25) is 5.02 Å². The monoisotopic (exact) mass is 295 g/mol. The molecule has 1 fully saturated rings. The fourth-order valence-electron chi connectivity index (χ4n) is 3.05. The van der Waals surface area contributed by atoms with E-state index in [9.17, 15) is 4.79 Å². The van der Waals surface area contributed by atoms with E-state index in [1.807, 2.05) is 19.9 Å². The van der Waals surface area contributed by atoms with Gasteiger partial charge in [0.25, 0.3) is 0 Å². The third-order valence-corrected chi connectivity index (χ3v) is 4.32. The SMILES string of the molecule is CC1(C)C(=O)Oc2ccc(Cl)cc2C1N1CCOCC1. The molecular weight excluding hydrogens is 278 g/mol. The van der Waals surface area contributed by atoms with Crippen molar-refractivity contribution in [3.05, 3.63) is 28.8 Å². The molecule has 1 aromatic rings. The molecule has 1 saturated heterocycles. The van der Waals surface area contributed by atoms with Crippen LogP contribution in [-0.2, 0) is 9.53 Å². The van der Waals surface area contributed by atoms with Crippen molar-refractivity contribution in [3.8, 4) is 5.75 Å². The molecule has 0 saturated carbocycles. The minimum Gasteiger partial charge on any atom is -0.426 e. The van der Waals surface area contributed by atoms with E-state index in [4.69, 9.17) is 21.1 Å². The molecule has 0 bridgehead atoms. The number of carbonyl (C=O) groups is 1. The molecule has 20 heavy (non-hydrogen) atoms. The van der Waals surface area contributed by atoms with E-state index < -0.39 is 5.41 Å². The number of hydrogen-bond donors (Lipinski definition) is 0. The molecule has 108 valence electrons. The second-order valence-corrected chi connectivity index (χ2v) is 6.28. The predicted molar refractivity (Wildman–Crippen MR) is 76.0 cm³/mol. The third kappa shape index (κ3) is 2.22. The summed E-state index contributed by atoms with van der Waals surface area (Å²) in [6.45, 7) is 6.87. The first kappa shape index (κ1) is 13.9. The van der Waals surface area contributed by atoms with Crippen molar-refractivity contribution in [2.24, 2.45) is 5.41 Å². The van der Waals surface area contributed by atoms with Gasteiger partial charge in [0, 0.05) is 23.7 Å². The van der Waals surface area contributed by atoms with Gasteiger partial charge in [0.15, 0.2) is 0 Å². The van der Waals surface area contributed by atoms with Gasteiger partial charge in [0.2, 0.25) is 0 Å². The molecule has 2 aliphatic rings. The number of halogens is 1. The zero-order valence-corrected chi connectivity index (χ0v) is 12.4. The molecule has 2 aliphatic heterocycles. The topological polar surface area (TPSA) is 38.8 Å². The van der Waals surface area contributed by atoms with Gasteiger partial charge in [-0.15, -0.1) is 0 Å². The Morgan fingerprint density at radius 2 is 2.00 bits per heavy atom. The van der Waals surface area contributed by atoms with E-state index in [0.717, 1.165) is 18.7 Å². The first-order valence-corrected chi connectivity index (χ1v) is 7.21. The molecule has 1 aromatic carbocycles. The molecule has 3 rings (SSSR count). The second-order valence-electron chi connectivity index (χ2n) is 5.84. The largest absolute Gasteiger partial charge is 0.426 e. The minimum absolute atomic E-state index is 0.0265. The highest BCUT2D eigenvalue weighted by atomic mass is 35.5. The summed E-state index contributed by atoms with van der Waals surface area (Å²) in [7, 11) is 0. The summed E-state index contributed by atoms with van der Waals surface area (Å²) in [6, 6.07) is 5.41. The third-order valence-electron chi connectivity index (χ3n) is 4.09. The lowest BCUT2D eigenvalue weighted by Gasteiger charge is -2.45. The van der Waals surface area contributed by atoms with Gasteiger partial charge in [0.05, 0.1) is 24.7 Å². The Hall–Kier alpha value is -1.10. The van der Waals surface area contributed by atoms with E-state index >= 15 is 0 Å². The molecule has 0 aliphatic carbocycles. The Labute approximate surface area is 123 Å². The van der Waals surface area contributed by atoms with Crippen LogP contribution in [0.3, 0.4) is 0 Å². The van der Waals surface area contributed by atoms with Crippen molar-refractivity contribution >= 4 is 17.6 Å². The van der Waals surface area contributed by atoms with Crippen LogP contribution in [0.15, 0.2) is 18.2 Å². The average Bonchev–Trinajstić information content (AvgIpc) is 2.41. The quantitative estimate of drug-likeness (QED) is 0.590. The zero-order chi connectivity index (χ0) is 14.3. The molecule has 4 nitrogen and oxygen atoms in total. The van der Waals surface area contributed by atoms with E-state index in [0.29, 0.717) is 24.0 Å². The summed E-state index contributed by atoms with van der Waals surface area (Å²) in [5, 5.41) is 0.663. The summed E-state index contributed by atoms with van der Waals surface area (Å²) < 4.78 is 10.9. The maximum Gasteiger partial charge on any atom is 0.318 e. The predicted octanol–water partition coefficient (Wildman–Crippen LogP) is 2.66. The van der Waals surface area contributed by atoms with Crippen molar-refractivity contribution < 1.29 is 14.3 Å². The van der Waals surface area contributed by atoms with E-state index in [1.54, 1.807) is 12.1 Å². The fourth-order valence-corrected chi connectivity index (χ4v) is 3.23. The van der Waals surface area contributed by atoms with Gasteiger partial charge in [-0.25, -0.2) is 0 Å². The highest BCUT2D eigenvalue weighted by molar-refractivity contribution is 6.30. The number of carbonyl (C=O) groups excluding carboxylic acids is 1. The lowest BCUT2D eigenvalue weighted by atomic mass is 9.77. The first-order chi connectivity index (χ1) is 9.50. The van der Waals surface area contributed by atoms with Crippen molar-refractivity contribution in [3.63, 3.8) is 0 Å². The number of rotatable bonds is 1. The van der Waals surface area contributed by atoms with Crippen molar-refractivity contribution in [2.45, 2.75) is 19.9 Å². The summed E-state index contributed by atoms with van der Waals surface area (Å²) in [5.41, 5.74) is 0.388. The highest BCUT2D eigenvalue weighted by Crippen LogP contribution is 2.47. The van der Waals surface area contributed by atoms with Crippen molar-refractivity contribution in [2.75, 3.05) is 26.3 Å². The molecule has 0 aromatic heterocycles. The summed E-state index contributed by atoms with van der Waals surface area (Å²) >= 11 is 6.13. The van der Waals surface area contributed by atoms with Crippen LogP contribution in [0.5, 0.6) is 5.75 Å². The number of morpholine rings is 1. The maximum atomic E-state index is 12.3. The molecule has 2 heterocycles. The van der Waals surface area contributed by atoms with E-state index in [2.05, 4.69) is 4.90 Å². The normalized spacial score (nSPS) is 25.9. The lowest BCUT2D eigenvalue weighted by Crippen LogP contribution is -2.50. The molecule has 0 radical (unpaired) electrons. The van der Waals surface area contributed by atoms with Crippen molar-refractivity contribution in [1.29, 1.82) is 0 Å². The summed E-state index contributed by atoms with van der Waals surface area (Å²) in [6.07, 6.45) is 0. The van der Waals surface area contributed by atoms with Crippen molar-refractivity contribution in [1.82, 2.24) is 4.90 Å². The van der Waals surface area contributed by atoms with Gasteiger partial charge >= 0.3 is 5.97 Å². The molecular formula is C15H18ClNO3. The van der Waals surface area contributed by atoms with Crippen LogP contribution < -0.4 is 4.74 Å². The highest BCUT2D eigenvalue weighted by Gasteiger charge is 2.47. The Morgan fingerprint density at radius 1 is 1.30 bits per heavy atom. The summed E-state index contributed by atoms with van der Waals surface area (Å²) in [5.74, 6) is 0.430. The van der Waals surface area contributed by atoms with Crippen LogP contribution in [0, 0.1) is 5.41 Å². The first-order valence-electron chi connectivity index (χ1n) is 6.83. The van der Waals surface area contributed by atoms with Gasteiger partial charge < -0.3 is 9.47 Å². The lowest BCUT2D eigenvalue weighted by molar-refractivity contribution is -0.152. The van der Waals surface area contributed by atoms with Crippen LogP contribution in [0.1, 0.15) is 25.5 Å². The molecule has 0 N–H and O–H groups in total. The second kappa shape index (κ2) is 5.02. The molecule has 5 heteroatoms. The smallest absolute Gasteiger partial charge is 0.318 e. The Kier molecular flexibility index (Phi) is 3.48. The number of benzene rings is 1. The standard InChI is InChI=1S/C15H18ClNO3/c1-15(2)13(17-5-7-19-8-6-17)11-9-10(16)3-4-12(11)20-14(15)18/h3-4,9,13H,5-8H2,1-2H3. The summed E-state index contributed by atoms with van der Waals surface area (Å²) in [4.78, 5) is 14.6. The van der Waals surface area contributed by atoms with Gasteiger partial charge in [-0.2, -0.15) is 0 Å². The minimum atomic E-state index is -0.602. The Bertz CT molecular complexity index is 538. The van der Waals surface area contributed by atoms with Gasteiger partial charge in [-0.3, -0.25) is 9.69 Å². The number of ether oxygens (including phenoxy) is 2. The number of hydrogen-bond acceptors (Lipinski definition) is 4. The zero-order valence-electron chi connectivity index (χ0n) is 11.7. The molecule has 0 spiro atoms. The molecule has 0 amide bonds. The van der Waals surface area contributed by atoms with Crippen LogP contribution >= 0.6 is 11.6 Å². The van der Waals surface area contributed by atoms with Gasteiger partial charge in [-0.05, 0) is 32.0 Å². The van der Waals surface area contributed by atoms with Gasteiger partial charge in [0.1, 0.15) is 5.75 Å². The number of nitrogens with zero attached hydrogens (tertiary/aromatic N) is 1.